The molecular formula is C71H95N15O12. The number of imide groups is 3. The van der Waals surface area contributed by atoms with Crippen LogP contribution in [-0.4, -0.2) is 187 Å². The molecule has 6 aromatic rings. The largest absolute Gasteiger partial charge is 0.444 e. The predicted molar refractivity (Wildman–Crippen MR) is 367 cm³/mol. The Hall–Kier alpha value is -8.37. The van der Waals surface area contributed by atoms with Crippen LogP contribution in [-0.2, 0) is 78.7 Å². The maximum absolute atomic E-state index is 13.0. The molecule has 12 heterocycles. The predicted octanol–water partition coefficient (Wildman–Crippen LogP) is 2.76. The van der Waals surface area contributed by atoms with Crippen LogP contribution in [0, 0.1) is 16.2 Å². The number of ether oxygens (including phenoxy) is 1. The molecule has 98 heavy (non-hydrogen) atoms. The van der Waals surface area contributed by atoms with Gasteiger partial charge in [-0.05, 0) is 169 Å². The highest BCUT2D eigenvalue weighted by atomic mass is 16.6. The molecule has 0 bridgehead atoms. The number of nitrogens with one attached hydrogen (secondary N) is 6. The summed E-state index contributed by atoms with van der Waals surface area (Å²) in [5, 5.41) is 17.2. The van der Waals surface area contributed by atoms with Crippen LogP contribution >= 0.6 is 0 Å². The first-order valence-electron chi connectivity index (χ1n) is 35.0. The van der Waals surface area contributed by atoms with Crippen molar-refractivity contribution in [3.63, 3.8) is 0 Å². The van der Waals surface area contributed by atoms with Crippen molar-refractivity contribution in [2.24, 2.45) is 37.4 Å². The molecule has 526 valence electrons. The van der Waals surface area contributed by atoms with Gasteiger partial charge in [-0.15, -0.1) is 0 Å². The van der Waals surface area contributed by atoms with Gasteiger partial charge in [0.25, 0.3) is 0 Å². The summed E-state index contributed by atoms with van der Waals surface area (Å²) < 4.78 is 14.6. The van der Waals surface area contributed by atoms with Gasteiger partial charge in [0.05, 0.1) is 33.1 Å². The molecule has 15 rings (SSSR count). The van der Waals surface area contributed by atoms with Crippen LogP contribution in [0.5, 0.6) is 0 Å². The summed E-state index contributed by atoms with van der Waals surface area (Å²) in [6, 6.07) is 15.2. The van der Waals surface area contributed by atoms with Gasteiger partial charge < -0.3 is 40.2 Å². The molecule has 3 aromatic heterocycles. The number of likely N-dealkylation sites (tertiary alicyclic amines) is 3. The van der Waals surface area contributed by atoms with Crippen LogP contribution in [0.25, 0.3) is 33.1 Å². The number of hydrogen-bond donors (Lipinski definition) is 6. The number of imidazole rings is 3. The zero-order chi connectivity index (χ0) is 69.4. The maximum Gasteiger partial charge on any atom is 0.410 e. The first-order chi connectivity index (χ1) is 46.9. The van der Waals surface area contributed by atoms with Gasteiger partial charge in [0.1, 0.15) is 30.0 Å². The summed E-state index contributed by atoms with van der Waals surface area (Å²) in [6.07, 6.45) is 11.6. The fourth-order valence-corrected chi connectivity index (χ4v) is 16.5. The number of carbonyl (C=O) groups excluding carboxylic acids is 8. The van der Waals surface area contributed by atoms with Crippen LogP contribution in [0.3, 0.4) is 0 Å². The molecule has 3 atom stereocenters. The Morgan fingerprint density at radius 2 is 0.857 bits per heavy atom. The Labute approximate surface area is 568 Å². The first-order valence-corrected chi connectivity index (χ1v) is 35.0. The lowest BCUT2D eigenvalue weighted by atomic mass is 9.72. The Kier molecular flexibility index (Phi) is 20.2. The molecule has 9 aliphatic rings. The third-order valence-corrected chi connectivity index (χ3v) is 21.9. The molecule has 3 spiro atoms. The van der Waals surface area contributed by atoms with Crippen LogP contribution in [0.4, 0.5) is 4.79 Å². The number of amides is 7. The van der Waals surface area contributed by atoms with E-state index in [2.05, 4.69) is 53.8 Å². The highest BCUT2D eigenvalue weighted by Gasteiger charge is 2.45. The van der Waals surface area contributed by atoms with Crippen molar-refractivity contribution < 1.29 is 43.1 Å². The van der Waals surface area contributed by atoms with Crippen LogP contribution in [0.15, 0.2) is 69.0 Å². The van der Waals surface area contributed by atoms with Crippen molar-refractivity contribution in [2.75, 3.05) is 91.6 Å². The van der Waals surface area contributed by atoms with Crippen molar-refractivity contribution in [1.29, 1.82) is 0 Å². The maximum atomic E-state index is 13.0. The minimum absolute atomic E-state index is 0.158. The molecule has 27 nitrogen and oxygen atoms in total. The summed E-state index contributed by atoms with van der Waals surface area (Å²) >= 11 is 0. The van der Waals surface area contributed by atoms with E-state index < -0.39 is 24.0 Å². The Balaban J connectivity index is 0.000000128. The molecular weight excluding hydrogens is 1250 g/mol. The second-order valence-electron chi connectivity index (χ2n) is 29.8. The van der Waals surface area contributed by atoms with Gasteiger partial charge in [-0.2, -0.15) is 0 Å². The number of fused-ring (bicyclic) bond motifs is 3. The first kappa shape index (κ1) is 69.5. The quantitative estimate of drug-likeness (QED) is 0.0803. The molecule has 0 aliphatic carbocycles. The minimum atomic E-state index is -0.708. The van der Waals surface area contributed by atoms with Crippen LogP contribution in [0.2, 0.25) is 0 Å². The fourth-order valence-electron chi connectivity index (χ4n) is 16.5. The summed E-state index contributed by atoms with van der Waals surface area (Å²) in [4.78, 5) is 139. The number of rotatable bonds is 11. The van der Waals surface area contributed by atoms with Crippen molar-refractivity contribution in [3.05, 3.63) is 103 Å². The Morgan fingerprint density at radius 1 is 0.500 bits per heavy atom. The normalized spacial score (nSPS) is 22.9. The van der Waals surface area contributed by atoms with E-state index in [1.165, 1.54) is 61.0 Å². The van der Waals surface area contributed by atoms with Crippen molar-refractivity contribution >= 4 is 80.9 Å². The summed E-state index contributed by atoms with van der Waals surface area (Å²) in [5.41, 5.74) is 7.95. The van der Waals surface area contributed by atoms with E-state index in [1.807, 2.05) is 49.9 Å². The fraction of sp³-hybridized carbons (Fsp3) is 0.592. The van der Waals surface area contributed by atoms with E-state index in [4.69, 9.17) is 4.74 Å². The summed E-state index contributed by atoms with van der Waals surface area (Å²) in [6.45, 7) is 20.8. The zero-order valence-corrected chi connectivity index (χ0v) is 57.4. The number of para-hydroxylation sites is 3. The average molecular weight is 1350 g/mol. The average Bonchev–Trinajstić information content (AvgIpc) is 1.62. The number of aromatic nitrogens is 6. The highest BCUT2D eigenvalue weighted by molar-refractivity contribution is 6.02. The van der Waals surface area contributed by atoms with Crippen LogP contribution in [0.1, 0.15) is 133 Å². The second-order valence-corrected chi connectivity index (χ2v) is 29.8. The second kappa shape index (κ2) is 28.5. The Morgan fingerprint density at radius 3 is 1.18 bits per heavy atom. The summed E-state index contributed by atoms with van der Waals surface area (Å²) in [7, 11) is 5.15. The lowest BCUT2D eigenvalue weighted by molar-refractivity contribution is -0.137. The smallest absolute Gasteiger partial charge is 0.410 e. The van der Waals surface area contributed by atoms with E-state index in [-0.39, 0.29) is 84.0 Å². The molecule has 7 amide bonds. The molecule has 9 fully saturated rings. The molecule has 9 aliphatic heterocycles. The number of aryl methyl sites for hydroxylation is 3. The van der Waals surface area contributed by atoms with Gasteiger partial charge in [0.2, 0.25) is 35.4 Å². The van der Waals surface area contributed by atoms with Gasteiger partial charge in [0.15, 0.2) is 0 Å². The van der Waals surface area contributed by atoms with Gasteiger partial charge >= 0.3 is 23.2 Å². The molecule has 27 heteroatoms. The van der Waals surface area contributed by atoms with Gasteiger partial charge in [0, 0.05) is 112 Å². The zero-order valence-electron chi connectivity index (χ0n) is 57.4. The SMILES string of the molecule is CC(C)(C)OC(=O)N1CCC2(CC1)CNC2.Cn1c(=O)n(C2CCC(=O)NC2=O)c2cccc(CC=O)c21.Cn1c(=O)n(C2CCC(=O)NC2=O)c2cccc(CCN3CC4(CCNCC4)C3)c21.Cn1c(=O)n(C2CCC(=O)NC2=O)c2cccc(CCN3CC4(CCNCC4)C3)c21. The molecule has 0 saturated carbocycles. The summed E-state index contributed by atoms with van der Waals surface area (Å²) in [5.74, 6) is -2.11. The van der Waals surface area contributed by atoms with Gasteiger partial charge in [-0.1, -0.05) is 36.4 Å². The lowest BCUT2D eigenvalue weighted by Crippen LogP contribution is -2.60. The number of hydrogen-bond acceptors (Lipinski definition) is 17. The minimum Gasteiger partial charge on any atom is -0.444 e. The Bertz CT molecular complexity index is 4080. The van der Waals surface area contributed by atoms with Crippen molar-refractivity contribution in [3.8, 4) is 0 Å². The van der Waals surface area contributed by atoms with E-state index >= 15 is 0 Å². The van der Waals surface area contributed by atoms with E-state index in [9.17, 15) is 52.7 Å². The number of nitrogens with zero attached hydrogens (tertiary/aromatic N) is 9. The van der Waals surface area contributed by atoms with Crippen LogP contribution < -0.4 is 49.0 Å². The molecule has 0 radical (unpaired) electrons. The monoisotopic (exact) mass is 1350 g/mol. The van der Waals surface area contributed by atoms with E-state index in [0.717, 1.165) is 136 Å². The van der Waals surface area contributed by atoms with E-state index in [0.29, 0.717) is 46.5 Å². The number of carbonyl (C=O) groups is 8. The third-order valence-electron chi connectivity index (χ3n) is 21.9. The topological polar surface area (TPSA) is 308 Å². The number of aldehydes is 1. The number of benzene rings is 3. The third kappa shape index (κ3) is 14.3. The van der Waals surface area contributed by atoms with Gasteiger partial charge in [-0.25, -0.2) is 19.2 Å². The molecule has 3 aromatic carbocycles. The molecule has 3 unspecified atom stereocenters. The molecule has 6 N–H and O–H groups in total. The highest BCUT2D eigenvalue weighted by Crippen LogP contribution is 2.41. The standard InChI is InChI=1S/2C22H29N5O3.C15H15N3O4.C12H22N2O2/c2*1-25-19-15(7-12-26-13-22(14-26)8-10-23-11-9-22)3-2-4-16(19)27(21(25)30)17-5-6-18(28)24-20(17)29;1-17-13-9(7-8-19)3-2-4-10(13)18(15(17)22)11-5-6-12(20)16-14(11)21;1-11(2,3)16-10(15)14-6-4-12(5-7-14)8-13-9-12/h2*2-4,17,23H,5-14H2,1H3,(H,24,28,29);2-4,8,11H,5-7H2,1H3,(H,16,20,21);13H,4-9H2,1-3H3. The van der Waals surface area contributed by atoms with Crippen molar-refractivity contribution in [2.45, 2.75) is 141 Å². The van der Waals surface area contributed by atoms with Crippen molar-refractivity contribution in [1.82, 2.24) is 74.0 Å². The van der Waals surface area contributed by atoms with Gasteiger partial charge in [-0.3, -0.25) is 72.1 Å². The number of piperidine rings is 6. The van der Waals surface area contributed by atoms with E-state index in [1.54, 1.807) is 57.6 Å². The molecule has 9 saturated heterocycles. The lowest BCUT2D eigenvalue weighted by Gasteiger charge is -2.52.